The van der Waals surface area contributed by atoms with Gasteiger partial charge in [0.05, 0.1) is 10.7 Å². The molecule has 1 saturated carbocycles. The number of rotatable bonds is 5. The maximum Gasteiger partial charge on any atom is 0.410 e. The number of anilines is 1. The Bertz CT molecular complexity index is 1660. The quantitative estimate of drug-likeness (QED) is 0.409. The fraction of sp³-hybridized carbons (Fsp3) is 0.519. The van der Waals surface area contributed by atoms with Gasteiger partial charge in [-0.1, -0.05) is 11.6 Å². The standard InChI is InChI=1S/C27H28BrClF2N6O5/c1-26(2,3)42-25(40)35-8-6-27(7-9-35)15-11-14(15)20-19(27)21(39)37-24(33-22(28)34-37)36(20)12-18(38)32-17-5-4-13(10-16(17)29)41-23(30)31/h4-5,10,14-15,23H,6-9,11-12H2,1-3H3,(H,32,38). The van der Waals surface area contributed by atoms with Gasteiger partial charge in [-0.3, -0.25) is 9.59 Å². The summed E-state index contributed by atoms with van der Waals surface area (Å²) in [7, 11) is 0. The molecule has 224 valence electrons. The lowest BCUT2D eigenvalue weighted by Gasteiger charge is -2.41. The number of ether oxygens (including phenoxy) is 2. The Hall–Kier alpha value is -3.26. The van der Waals surface area contributed by atoms with Gasteiger partial charge in [-0.25, -0.2) is 4.79 Å². The van der Waals surface area contributed by atoms with Gasteiger partial charge in [-0.15, -0.1) is 5.10 Å². The molecule has 3 aliphatic rings. The maximum absolute atomic E-state index is 13.9. The third-order valence-electron chi connectivity index (χ3n) is 8.16. The molecule has 11 nitrogen and oxygen atoms in total. The van der Waals surface area contributed by atoms with E-state index < -0.39 is 23.5 Å². The Morgan fingerprint density at radius 3 is 2.62 bits per heavy atom. The molecule has 1 N–H and O–H groups in total. The van der Waals surface area contributed by atoms with Gasteiger partial charge in [0.2, 0.25) is 16.4 Å². The number of aromatic nitrogens is 4. The van der Waals surface area contributed by atoms with Crippen molar-refractivity contribution in [2.45, 2.75) is 70.1 Å². The van der Waals surface area contributed by atoms with Crippen molar-refractivity contribution in [3.63, 3.8) is 0 Å². The highest BCUT2D eigenvalue weighted by Crippen LogP contribution is 2.67. The lowest BCUT2D eigenvalue weighted by atomic mass is 9.71. The lowest BCUT2D eigenvalue weighted by molar-refractivity contribution is -0.116. The fourth-order valence-corrected chi connectivity index (χ4v) is 7.03. The lowest BCUT2D eigenvalue weighted by Crippen LogP contribution is -2.49. The second kappa shape index (κ2) is 10.2. The van der Waals surface area contributed by atoms with E-state index in [-0.39, 0.29) is 57.0 Å². The summed E-state index contributed by atoms with van der Waals surface area (Å²) in [5, 5.41) is 7.01. The second-order valence-electron chi connectivity index (χ2n) is 11.9. The Morgan fingerprint density at radius 1 is 1.26 bits per heavy atom. The minimum atomic E-state index is -3.01. The average molecular weight is 670 g/mol. The van der Waals surface area contributed by atoms with E-state index in [1.165, 1.54) is 22.7 Å². The van der Waals surface area contributed by atoms with Crippen LogP contribution in [0.1, 0.15) is 57.2 Å². The normalized spacial score (nSPS) is 20.5. The van der Waals surface area contributed by atoms with Gasteiger partial charge in [0.25, 0.3) is 5.56 Å². The Morgan fingerprint density at radius 2 is 1.98 bits per heavy atom. The summed E-state index contributed by atoms with van der Waals surface area (Å²) in [6.07, 6.45) is 1.67. The van der Waals surface area contributed by atoms with E-state index in [0.717, 1.165) is 12.1 Å². The van der Waals surface area contributed by atoms with Gasteiger partial charge >= 0.3 is 12.7 Å². The molecule has 2 fully saturated rings. The highest BCUT2D eigenvalue weighted by atomic mass is 79.9. The van der Waals surface area contributed by atoms with Gasteiger partial charge in [0.15, 0.2) is 0 Å². The smallest absolute Gasteiger partial charge is 0.410 e. The molecule has 6 rings (SSSR count). The van der Waals surface area contributed by atoms with E-state index in [4.69, 9.17) is 16.3 Å². The van der Waals surface area contributed by atoms with Gasteiger partial charge in [-0.05, 0) is 74.0 Å². The Balaban J connectivity index is 1.31. The van der Waals surface area contributed by atoms with Crippen molar-refractivity contribution in [3.8, 4) is 5.75 Å². The number of carbonyl (C=O) groups excluding carboxylic acids is 2. The molecular weight excluding hydrogens is 642 g/mol. The maximum atomic E-state index is 13.9. The number of piperidine rings is 1. The van der Waals surface area contributed by atoms with Crippen LogP contribution in [0.2, 0.25) is 5.02 Å². The molecule has 1 saturated heterocycles. The molecule has 0 bridgehead atoms. The molecule has 2 amide bonds. The van der Waals surface area contributed by atoms with E-state index in [9.17, 15) is 23.2 Å². The molecule has 0 radical (unpaired) electrons. The molecule has 2 aromatic heterocycles. The number of nitrogens with zero attached hydrogens (tertiary/aromatic N) is 5. The van der Waals surface area contributed by atoms with Crippen molar-refractivity contribution in [2.75, 3.05) is 18.4 Å². The van der Waals surface area contributed by atoms with Crippen LogP contribution in [-0.4, -0.2) is 61.4 Å². The van der Waals surface area contributed by atoms with Crippen molar-refractivity contribution in [1.29, 1.82) is 0 Å². The first-order valence-corrected chi connectivity index (χ1v) is 14.7. The van der Waals surface area contributed by atoms with Crippen LogP contribution in [0.5, 0.6) is 5.75 Å². The number of likely N-dealkylation sites (tertiary alicyclic amines) is 1. The van der Waals surface area contributed by atoms with Crippen molar-refractivity contribution >= 4 is 51.0 Å². The summed E-state index contributed by atoms with van der Waals surface area (Å²) >= 11 is 9.47. The number of nitrogens with one attached hydrogen (secondary N) is 1. The van der Waals surface area contributed by atoms with Gasteiger partial charge in [0.1, 0.15) is 17.9 Å². The monoisotopic (exact) mass is 668 g/mol. The number of carbonyl (C=O) groups is 2. The molecular formula is C27H28BrClF2N6O5. The molecule has 1 spiro atoms. The zero-order valence-electron chi connectivity index (χ0n) is 23.0. The van der Waals surface area contributed by atoms with Crippen LogP contribution in [0, 0.1) is 5.92 Å². The van der Waals surface area contributed by atoms with E-state index in [1.54, 1.807) is 9.47 Å². The van der Waals surface area contributed by atoms with E-state index in [1.807, 2.05) is 20.8 Å². The summed E-state index contributed by atoms with van der Waals surface area (Å²) in [5.41, 5.74) is 0.270. The number of amides is 2. The topological polar surface area (TPSA) is 120 Å². The SMILES string of the molecule is CC(C)(C)OC(=O)N1CCC2(CC1)c1c(n(CC(=O)Nc3ccc(OC(F)F)cc3Cl)c3nc(Br)nn3c1=O)C1CC12. The highest BCUT2D eigenvalue weighted by molar-refractivity contribution is 9.10. The van der Waals surface area contributed by atoms with Crippen LogP contribution in [-0.2, 0) is 21.5 Å². The van der Waals surface area contributed by atoms with Crippen molar-refractivity contribution < 1.29 is 27.8 Å². The minimum Gasteiger partial charge on any atom is -0.444 e. The molecule has 42 heavy (non-hydrogen) atoms. The number of hydrogen-bond acceptors (Lipinski definition) is 7. The predicted octanol–water partition coefficient (Wildman–Crippen LogP) is 4.93. The molecule has 2 atom stereocenters. The summed E-state index contributed by atoms with van der Waals surface area (Å²) in [5.74, 6) is -0.0826. The molecule has 3 aromatic rings. The van der Waals surface area contributed by atoms with Crippen molar-refractivity contribution in [2.24, 2.45) is 5.92 Å². The highest BCUT2D eigenvalue weighted by Gasteiger charge is 2.64. The fourth-order valence-electron chi connectivity index (χ4n) is 6.49. The first-order valence-electron chi connectivity index (χ1n) is 13.5. The summed E-state index contributed by atoms with van der Waals surface area (Å²) in [4.78, 5) is 46.0. The molecule has 1 aliphatic heterocycles. The number of halogens is 4. The number of benzene rings is 1. The van der Waals surface area contributed by atoms with Crippen LogP contribution in [0.25, 0.3) is 5.78 Å². The number of hydrogen-bond donors (Lipinski definition) is 1. The van der Waals surface area contributed by atoms with Gasteiger partial charge in [-0.2, -0.15) is 18.3 Å². The van der Waals surface area contributed by atoms with Crippen molar-refractivity contribution in [1.82, 2.24) is 24.1 Å². The molecule has 2 unspecified atom stereocenters. The average Bonchev–Trinajstić information content (AvgIpc) is 3.52. The second-order valence-corrected chi connectivity index (χ2v) is 13.0. The van der Waals surface area contributed by atoms with Crippen molar-refractivity contribution in [3.05, 3.63) is 49.6 Å². The summed E-state index contributed by atoms with van der Waals surface area (Å²) < 4.78 is 38.2. The predicted molar refractivity (Wildman–Crippen MR) is 151 cm³/mol. The zero-order chi connectivity index (χ0) is 30.1. The molecule has 15 heteroatoms. The minimum absolute atomic E-state index is 0.0277. The summed E-state index contributed by atoms with van der Waals surface area (Å²) in [6, 6.07) is 3.85. The first-order chi connectivity index (χ1) is 19.8. The van der Waals surface area contributed by atoms with Gasteiger partial charge in [0, 0.05) is 41.7 Å². The van der Waals surface area contributed by atoms with Crippen LogP contribution in [0.4, 0.5) is 19.3 Å². The van der Waals surface area contributed by atoms with Crippen LogP contribution >= 0.6 is 27.5 Å². The number of alkyl halides is 2. The number of fused-ring (bicyclic) bond motifs is 6. The third kappa shape index (κ3) is 5.01. The van der Waals surface area contributed by atoms with E-state index >= 15 is 0 Å². The van der Waals surface area contributed by atoms with Gasteiger partial charge < -0.3 is 24.3 Å². The molecule has 1 aromatic carbocycles. The Labute approximate surface area is 252 Å². The van der Waals surface area contributed by atoms with Crippen LogP contribution < -0.4 is 15.6 Å². The van der Waals surface area contributed by atoms with Crippen LogP contribution in [0.15, 0.2) is 27.7 Å². The first kappa shape index (κ1) is 28.8. The van der Waals surface area contributed by atoms with E-state index in [2.05, 4.69) is 36.1 Å². The Kier molecular flexibility index (Phi) is 6.99. The van der Waals surface area contributed by atoms with Crippen LogP contribution in [0.3, 0.4) is 0 Å². The largest absolute Gasteiger partial charge is 0.444 e. The molecule has 3 heterocycles. The summed E-state index contributed by atoms with van der Waals surface area (Å²) in [6.45, 7) is 3.16. The molecule has 2 aliphatic carbocycles. The van der Waals surface area contributed by atoms with E-state index in [0.29, 0.717) is 31.5 Å². The zero-order valence-corrected chi connectivity index (χ0v) is 25.3. The third-order valence-corrected chi connectivity index (χ3v) is 8.81.